The Morgan fingerprint density at radius 2 is 1.17 bits per heavy atom. The number of anilines is 3. The number of aromatic nitrogens is 3. The standard InChI is InChI=1S/C12H15N3O3.C12H17N3O.C7H13NO.C5H3FN2O2/c16-10-3-4-12(5-6-12)14(8-10)9-1-2-11(13-7-9)15(17)18;13-11-2-1-9(7-14-11)15-8-10(16)3-4-12(15)5-6-12;9-6-1-2-7(3-4-7)8-5-6;6-4-1-2-5(7-3-4)8(9)10/h1-2,7,10,16H,3-6,8H2;1-2,7,10,16H,3-6,8H2,(H2,13,14);6,8-9H,1-5H2;1-3H. The van der Waals surface area contributed by atoms with Gasteiger partial charge in [0.2, 0.25) is 0 Å². The van der Waals surface area contributed by atoms with Gasteiger partial charge in [-0.05, 0) is 121 Å². The molecule has 53 heavy (non-hydrogen) atoms. The molecular formula is C36H48FN9O7. The van der Waals surface area contributed by atoms with E-state index in [0.717, 1.165) is 87.7 Å². The van der Waals surface area contributed by atoms with Crippen molar-refractivity contribution in [2.24, 2.45) is 0 Å². The molecule has 3 spiro atoms. The summed E-state index contributed by atoms with van der Waals surface area (Å²) in [5.74, 6) is -0.515. The fourth-order valence-electron chi connectivity index (χ4n) is 7.44. The van der Waals surface area contributed by atoms with E-state index < -0.39 is 15.7 Å². The molecule has 3 unspecified atom stereocenters. The van der Waals surface area contributed by atoms with E-state index in [-0.39, 0.29) is 35.5 Å². The van der Waals surface area contributed by atoms with Crippen LogP contribution in [0.15, 0.2) is 55.0 Å². The van der Waals surface area contributed by atoms with E-state index >= 15 is 0 Å². The first-order valence-corrected chi connectivity index (χ1v) is 18.2. The number of aliphatic hydroxyl groups is 3. The predicted octanol–water partition coefficient (Wildman–Crippen LogP) is 4.03. The van der Waals surface area contributed by atoms with E-state index in [0.29, 0.717) is 23.4 Å². The van der Waals surface area contributed by atoms with Crippen molar-refractivity contribution in [1.29, 1.82) is 0 Å². The van der Waals surface area contributed by atoms with E-state index in [1.807, 2.05) is 18.3 Å². The third-order valence-corrected chi connectivity index (χ3v) is 11.2. The van der Waals surface area contributed by atoms with Crippen LogP contribution in [-0.4, -0.2) is 94.7 Å². The number of rotatable bonds is 4. The van der Waals surface area contributed by atoms with Gasteiger partial charge in [-0.2, -0.15) is 0 Å². The Bertz CT molecular complexity index is 1700. The van der Waals surface area contributed by atoms with Gasteiger partial charge >= 0.3 is 11.6 Å². The maximum absolute atomic E-state index is 12.1. The normalized spacial score (nSPS) is 25.1. The highest BCUT2D eigenvalue weighted by molar-refractivity contribution is 5.53. The molecule has 9 rings (SSSR count). The van der Waals surface area contributed by atoms with E-state index in [9.17, 15) is 34.8 Å². The van der Waals surface area contributed by atoms with Gasteiger partial charge in [0, 0.05) is 48.4 Å². The van der Waals surface area contributed by atoms with Gasteiger partial charge in [-0.25, -0.2) is 9.37 Å². The first-order valence-electron chi connectivity index (χ1n) is 18.2. The van der Waals surface area contributed by atoms with Crippen molar-refractivity contribution in [3.05, 3.63) is 81.0 Å². The molecule has 286 valence electrons. The molecule has 3 aromatic heterocycles. The number of aliphatic hydroxyl groups excluding tert-OH is 3. The Morgan fingerprint density at radius 3 is 1.55 bits per heavy atom. The number of pyridine rings is 3. The summed E-state index contributed by atoms with van der Waals surface area (Å²) in [6.07, 6.45) is 17.0. The molecule has 6 fully saturated rings. The van der Waals surface area contributed by atoms with Crippen LogP contribution < -0.4 is 20.9 Å². The second-order valence-corrected chi connectivity index (χ2v) is 15.1. The highest BCUT2D eigenvalue weighted by Gasteiger charge is 2.52. The summed E-state index contributed by atoms with van der Waals surface area (Å²) in [7, 11) is 0. The summed E-state index contributed by atoms with van der Waals surface area (Å²) < 4.78 is 12.1. The van der Waals surface area contributed by atoms with Gasteiger partial charge in [-0.15, -0.1) is 0 Å². The Morgan fingerprint density at radius 1 is 0.679 bits per heavy atom. The number of nitrogen functional groups attached to an aromatic ring is 1. The average molecular weight is 738 g/mol. The molecule has 3 aliphatic heterocycles. The summed E-state index contributed by atoms with van der Waals surface area (Å²) in [6.45, 7) is 2.14. The molecule has 0 aromatic carbocycles. The third kappa shape index (κ3) is 9.70. The van der Waals surface area contributed by atoms with E-state index in [4.69, 9.17) is 10.8 Å². The number of nitro groups is 2. The van der Waals surface area contributed by atoms with Gasteiger partial charge < -0.3 is 56.4 Å². The van der Waals surface area contributed by atoms with Crippen molar-refractivity contribution < 1.29 is 29.6 Å². The number of nitrogens with two attached hydrogens (primary N) is 1. The summed E-state index contributed by atoms with van der Waals surface area (Å²) in [4.78, 5) is 35.0. The lowest BCUT2D eigenvalue weighted by Crippen LogP contribution is -2.47. The summed E-state index contributed by atoms with van der Waals surface area (Å²) in [5.41, 5.74) is 8.54. The number of nitrogens with one attached hydrogen (secondary N) is 1. The SMILES string of the molecule is Nc1ccc(N2CC(O)CCC23CC3)cn1.O=[N+]([O-])c1ccc(F)cn1.O=[N+]([O-])c1ccc(N2CC(O)CCC23CC3)cn1.OC1CCC2(CC2)NC1. The summed E-state index contributed by atoms with van der Waals surface area (Å²) in [5, 5.41) is 52.5. The van der Waals surface area contributed by atoms with Crippen LogP contribution in [0.3, 0.4) is 0 Å². The molecule has 0 amide bonds. The molecule has 0 radical (unpaired) electrons. The number of piperidine rings is 3. The Balaban J connectivity index is 0.000000126. The minimum absolute atomic E-state index is 0.0729. The van der Waals surface area contributed by atoms with E-state index in [2.05, 4.69) is 30.1 Å². The third-order valence-electron chi connectivity index (χ3n) is 11.2. The number of hydrogen-bond acceptors (Lipinski definition) is 14. The topological polar surface area (TPSA) is 230 Å². The van der Waals surface area contributed by atoms with Gasteiger partial charge in [0.15, 0.2) is 18.2 Å². The van der Waals surface area contributed by atoms with Crippen molar-refractivity contribution in [3.63, 3.8) is 0 Å². The van der Waals surface area contributed by atoms with Crippen molar-refractivity contribution in [2.75, 3.05) is 35.2 Å². The predicted molar refractivity (Wildman–Crippen MR) is 195 cm³/mol. The zero-order valence-electron chi connectivity index (χ0n) is 29.6. The van der Waals surface area contributed by atoms with Crippen LogP contribution in [0.25, 0.3) is 0 Å². The van der Waals surface area contributed by atoms with Gasteiger partial charge in [-0.1, -0.05) is 0 Å². The molecule has 6 aliphatic rings. The highest BCUT2D eigenvalue weighted by atomic mass is 19.1. The van der Waals surface area contributed by atoms with Crippen LogP contribution in [0, 0.1) is 26.0 Å². The highest BCUT2D eigenvalue weighted by Crippen LogP contribution is 2.51. The molecule has 3 saturated heterocycles. The first-order chi connectivity index (χ1) is 25.3. The molecule has 3 aliphatic carbocycles. The fourth-order valence-corrected chi connectivity index (χ4v) is 7.44. The first kappa shape index (κ1) is 38.2. The van der Waals surface area contributed by atoms with Crippen LogP contribution >= 0.6 is 0 Å². The van der Waals surface area contributed by atoms with Gasteiger partial charge in [0.25, 0.3) is 0 Å². The van der Waals surface area contributed by atoms with Crippen LogP contribution in [0.2, 0.25) is 0 Å². The maximum atomic E-state index is 12.1. The lowest BCUT2D eigenvalue weighted by molar-refractivity contribution is -0.389. The molecule has 3 atom stereocenters. The molecular weight excluding hydrogens is 689 g/mol. The van der Waals surface area contributed by atoms with Gasteiger partial charge in [0.05, 0.1) is 35.9 Å². The Kier molecular flexibility index (Phi) is 11.4. The molecule has 3 saturated carbocycles. The minimum atomic E-state index is -0.681. The Hall–Kier alpha value is -4.58. The van der Waals surface area contributed by atoms with Crippen molar-refractivity contribution in [3.8, 4) is 0 Å². The van der Waals surface area contributed by atoms with E-state index in [1.165, 1.54) is 44.4 Å². The number of halogens is 1. The quantitative estimate of drug-likeness (QED) is 0.188. The number of hydrogen-bond donors (Lipinski definition) is 5. The monoisotopic (exact) mass is 737 g/mol. The molecule has 17 heteroatoms. The lowest BCUT2D eigenvalue weighted by atomic mass is 9.97. The molecule has 6 N–H and O–H groups in total. The average Bonchev–Trinajstić information content (AvgIpc) is 4.07. The smallest absolute Gasteiger partial charge is 0.363 e. The molecule has 0 bridgehead atoms. The van der Waals surface area contributed by atoms with Crippen LogP contribution in [0.4, 0.5) is 33.2 Å². The molecule has 3 aromatic rings. The van der Waals surface area contributed by atoms with Crippen LogP contribution in [0.5, 0.6) is 0 Å². The molecule has 6 heterocycles. The van der Waals surface area contributed by atoms with E-state index in [1.54, 1.807) is 6.07 Å². The van der Waals surface area contributed by atoms with Gasteiger partial charge in [-0.3, -0.25) is 0 Å². The van der Waals surface area contributed by atoms with Crippen molar-refractivity contribution >= 4 is 28.8 Å². The van der Waals surface area contributed by atoms with Crippen LogP contribution in [0.1, 0.15) is 77.0 Å². The van der Waals surface area contributed by atoms with Crippen molar-refractivity contribution in [1.82, 2.24) is 20.3 Å². The molecule has 16 nitrogen and oxygen atoms in total. The number of nitrogens with zero attached hydrogens (tertiary/aromatic N) is 7. The largest absolute Gasteiger partial charge is 0.392 e. The maximum Gasteiger partial charge on any atom is 0.363 e. The van der Waals surface area contributed by atoms with Crippen LogP contribution in [-0.2, 0) is 0 Å². The lowest BCUT2D eigenvalue weighted by Gasteiger charge is -2.40. The summed E-state index contributed by atoms with van der Waals surface area (Å²) >= 11 is 0. The Labute approximate surface area is 306 Å². The zero-order valence-corrected chi connectivity index (χ0v) is 29.6. The van der Waals surface area contributed by atoms with Crippen molar-refractivity contribution in [2.45, 2.75) is 112 Å². The second kappa shape index (κ2) is 15.8. The minimum Gasteiger partial charge on any atom is -0.392 e. The number of β-amino-alcohol motifs (C(OH)–C–C–N with tert-alkyl or cyclic N) is 3. The van der Waals surface area contributed by atoms with Gasteiger partial charge in [0.1, 0.15) is 5.82 Å². The fraction of sp³-hybridized carbons (Fsp3) is 0.583. The summed E-state index contributed by atoms with van der Waals surface area (Å²) in [6, 6.07) is 8.98. The second-order valence-electron chi connectivity index (χ2n) is 15.1. The zero-order chi connectivity index (χ0) is 37.8.